The number of benzene rings is 2. The first-order chi connectivity index (χ1) is 14.5. The third kappa shape index (κ3) is 4.37. The van der Waals surface area contributed by atoms with Crippen molar-refractivity contribution in [3.63, 3.8) is 0 Å². The van der Waals surface area contributed by atoms with Crippen molar-refractivity contribution in [2.45, 2.75) is 39.7 Å². The van der Waals surface area contributed by atoms with Crippen LogP contribution in [0.5, 0.6) is 0 Å². The van der Waals surface area contributed by atoms with Gasteiger partial charge in [-0.2, -0.15) is 5.10 Å². The number of aryl methyl sites for hydroxylation is 2. The van der Waals surface area contributed by atoms with Crippen LogP contribution in [0.15, 0.2) is 42.5 Å². The van der Waals surface area contributed by atoms with E-state index in [-0.39, 0.29) is 11.8 Å². The molecule has 0 saturated carbocycles. The lowest BCUT2D eigenvalue weighted by atomic mass is 10.1. The summed E-state index contributed by atoms with van der Waals surface area (Å²) in [5, 5.41) is 9.55. The molecule has 1 fully saturated rings. The molecule has 30 heavy (non-hydrogen) atoms. The number of amides is 2. The number of carbonyl (C=O) groups is 2. The molecule has 0 spiro atoms. The van der Waals surface area contributed by atoms with E-state index in [2.05, 4.69) is 40.5 Å². The Morgan fingerprint density at radius 2 is 1.87 bits per heavy atom. The third-order valence-corrected chi connectivity index (χ3v) is 6.00. The van der Waals surface area contributed by atoms with E-state index in [4.69, 9.17) is 0 Å². The van der Waals surface area contributed by atoms with E-state index < -0.39 is 0 Å². The molecule has 0 radical (unpaired) electrons. The van der Waals surface area contributed by atoms with Crippen molar-refractivity contribution in [2.75, 3.05) is 19.6 Å². The van der Waals surface area contributed by atoms with Gasteiger partial charge in [0.2, 0.25) is 11.8 Å². The second-order valence-corrected chi connectivity index (χ2v) is 8.04. The molecule has 156 valence electrons. The molecule has 1 aromatic heterocycles. The number of fused-ring (bicyclic) bond motifs is 1. The summed E-state index contributed by atoms with van der Waals surface area (Å²) in [6.07, 6.45) is 1.50. The van der Waals surface area contributed by atoms with E-state index in [9.17, 15) is 9.59 Å². The summed E-state index contributed by atoms with van der Waals surface area (Å²) in [7, 11) is 0. The minimum Gasteiger partial charge on any atom is -0.340 e. The Kier molecular flexibility index (Phi) is 5.84. The van der Waals surface area contributed by atoms with Gasteiger partial charge in [0.05, 0.1) is 5.69 Å². The lowest BCUT2D eigenvalue weighted by Crippen LogP contribution is -2.35. The second kappa shape index (κ2) is 8.69. The SMILES string of the molecule is Cc1n[nH]c(C)c1CCC(=O)N1CCC(=O)N(Cc2ccc3ccccc3c2)CC1. The second-order valence-electron chi connectivity index (χ2n) is 8.04. The Morgan fingerprint density at radius 3 is 2.63 bits per heavy atom. The molecule has 2 aromatic carbocycles. The maximum Gasteiger partial charge on any atom is 0.224 e. The molecule has 1 N–H and O–H groups in total. The highest BCUT2D eigenvalue weighted by Gasteiger charge is 2.24. The van der Waals surface area contributed by atoms with Crippen LogP contribution in [0.4, 0.5) is 0 Å². The number of hydrogen-bond acceptors (Lipinski definition) is 3. The Bertz CT molecular complexity index is 1050. The van der Waals surface area contributed by atoms with E-state index in [1.165, 1.54) is 10.8 Å². The number of rotatable bonds is 5. The molecule has 0 bridgehead atoms. The van der Waals surface area contributed by atoms with Crippen LogP contribution in [0.2, 0.25) is 0 Å². The molecule has 2 amide bonds. The van der Waals surface area contributed by atoms with Gasteiger partial charge in [0.1, 0.15) is 0 Å². The van der Waals surface area contributed by atoms with Gasteiger partial charge in [-0.25, -0.2) is 0 Å². The van der Waals surface area contributed by atoms with Gasteiger partial charge in [0.25, 0.3) is 0 Å². The molecule has 2 heterocycles. The van der Waals surface area contributed by atoms with Crippen LogP contribution in [0, 0.1) is 13.8 Å². The summed E-state index contributed by atoms with van der Waals surface area (Å²) in [5.41, 5.74) is 4.21. The zero-order valence-corrected chi connectivity index (χ0v) is 17.6. The van der Waals surface area contributed by atoms with Gasteiger partial charge < -0.3 is 9.80 Å². The first-order valence-corrected chi connectivity index (χ1v) is 10.5. The quantitative estimate of drug-likeness (QED) is 0.709. The van der Waals surface area contributed by atoms with Gasteiger partial charge >= 0.3 is 0 Å². The lowest BCUT2D eigenvalue weighted by Gasteiger charge is -2.22. The predicted molar refractivity (Wildman–Crippen MR) is 117 cm³/mol. The normalized spacial score (nSPS) is 14.9. The van der Waals surface area contributed by atoms with Crippen molar-refractivity contribution >= 4 is 22.6 Å². The molecular formula is C24H28N4O2. The minimum absolute atomic E-state index is 0.107. The van der Waals surface area contributed by atoms with E-state index in [1.54, 1.807) is 0 Å². The van der Waals surface area contributed by atoms with E-state index in [0.29, 0.717) is 45.4 Å². The molecule has 6 nitrogen and oxygen atoms in total. The van der Waals surface area contributed by atoms with Crippen molar-refractivity contribution < 1.29 is 9.59 Å². The number of aromatic nitrogens is 2. The number of nitrogens with zero attached hydrogens (tertiary/aromatic N) is 3. The number of carbonyl (C=O) groups excluding carboxylic acids is 2. The van der Waals surface area contributed by atoms with Gasteiger partial charge in [0, 0.05) is 44.7 Å². The Hall–Kier alpha value is -3.15. The van der Waals surface area contributed by atoms with Crippen LogP contribution in [0.25, 0.3) is 10.8 Å². The lowest BCUT2D eigenvalue weighted by molar-refractivity contribution is -0.131. The summed E-state index contributed by atoms with van der Waals surface area (Å²) < 4.78 is 0. The predicted octanol–water partition coefficient (Wildman–Crippen LogP) is 3.37. The van der Waals surface area contributed by atoms with Gasteiger partial charge in [-0.15, -0.1) is 0 Å². The zero-order chi connectivity index (χ0) is 21.1. The average molecular weight is 405 g/mol. The first kappa shape index (κ1) is 20.1. The Balaban J connectivity index is 1.36. The van der Waals surface area contributed by atoms with E-state index in [1.807, 2.05) is 35.8 Å². The highest BCUT2D eigenvalue weighted by Crippen LogP contribution is 2.18. The van der Waals surface area contributed by atoms with Crippen molar-refractivity contribution in [3.8, 4) is 0 Å². The molecule has 3 aromatic rings. The first-order valence-electron chi connectivity index (χ1n) is 10.5. The molecule has 0 unspecified atom stereocenters. The summed E-state index contributed by atoms with van der Waals surface area (Å²) in [6, 6.07) is 14.6. The number of nitrogens with one attached hydrogen (secondary N) is 1. The molecule has 1 aliphatic heterocycles. The highest BCUT2D eigenvalue weighted by atomic mass is 16.2. The summed E-state index contributed by atoms with van der Waals surface area (Å²) in [4.78, 5) is 29.1. The monoisotopic (exact) mass is 404 g/mol. The molecule has 0 aliphatic carbocycles. The summed E-state index contributed by atoms with van der Waals surface area (Å²) in [5.74, 6) is 0.218. The van der Waals surface area contributed by atoms with E-state index in [0.717, 1.165) is 22.5 Å². The van der Waals surface area contributed by atoms with Crippen LogP contribution in [-0.2, 0) is 22.6 Å². The van der Waals surface area contributed by atoms with Crippen molar-refractivity contribution in [1.82, 2.24) is 20.0 Å². The fraction of sp³-hybridized carbons (Fsp3) is 0.375. The standard InChI is InChI=1S/C24H28N4O2/c1-17-22(18(2)26-25-17)9-10-23(29)27-12-11-24(30)28(14-13-27)16-19-7-8-20-5-3-4-6-21(20)15-19/h3-8,15H,9-14,16H2,1-2H3,(H,25,26). The van der Waals surface area contributed by atoms with Crippen molar-refractivity contribution in [2.24, 2.45) is 0 Å². The Morgan fingerprint density at radius 1 is 1.07 bits per heavy atom. The fourth-order valence-electron chi connectivity index (χ4n) is 4.17. The van der Waals surface area contributed by atoms with Crippen molar-refractivity contribution in [3.05, 3.63) is 65.0 Å². The van der Waals surface area contributed by atoms with Gasteiger partial charge in [-0.1, -0.05) is 36.4 Å². The molecule has 1 aliphatic rings. The average Bonchev–Trinajstić information content (AvgIpc) is 2.95. The minimum atomic E-state index is 0.107. The summed E-state index contributed by atoms with van der Waals surface area (Å²) >= 11 is 0. The summed E-state index contributed by atoms with van der Waals surface area (Å²) in [6.45, 7) is 6.17. The molecule has 1 saturated heterocycles. The third-order valence-electron chi connectivity index (χ3n) is 6.00. The Labute approximate surface area is 176 Å². The van der Waals surface area contributed by atoms with Crippen LogP contribution in [0.3, 0.4) is 0 Å². The number of aromatic amines is 1. The van der Waals surface area contributed by atoms with Crippen LogP contribution < -0.4 is 0 Å². The smallest absolute Gasteiger partial charge is 0.224 e. The molecular weight excluding hydrogens is 376 g/mol. The number of H-pyrrole nitrogens is 1. The number of hydrogen-bond donors (Lipinski definition) is 1. The van der Waals surface area contributed by atoms with Crippen molar-refractivity contribution in [1.29, 1.82) is 0 Å². The maximum absolute atomic E-state index is 12.8. The van der Waals surface area contributed by atoms with Crippen LogP contribution in [0.1, 0.15) is 35.4 Å². The largest absolute Gasteiger partial charge is 0.340 e. The molecule has 4 rings (SSSR count). The fourth-order valence-corrected chi connectivity index (χ4v) is 4.17. The molecule has 0 atom stereocenters. The maximum atomic E-state index is 12.8. The van der Waals surface area contributed by atoms with Gasteiger partial charge in [-0.3, -0.25) is 14.7 Å². The molecule has 6 heteroatoms. The highest BCUT2D eigenvalue weighted by molar-refractivity contribution is 5.83. The van der Waals surface area contributed by atoms with Gasteiger partial charge in [-0.05, 0) is 48.2 Å². The zero-order valence-electron chi connectivity index (χ0n) is 17.6. The van der Waals surface area contributed by atoms with Crippen LogP contribution >= 0.6 is 0 Å². The van der Waals surface area contributed by atoms with E-state index >= 15 is 0 Å². The van der Waals surface area contributed by atoms with Crippen LogP contribution in [-0.4, -0.2) is 51.4 Å². The van der Waals surface area contributed by atoms with Gasteiger partial charge in [0.15, 0.2) is 0 Å². The topological polar surface area (TPSA) is 69.3 Å².